The highest BCUT2D eigenvalue weighted by Gasteiger charge is 2.09. The fraction of sp³-hybridized carbons (Fsp3) is 0.500. The first-order valence-electron chi connectivity index (χ1n) is 4.90. The number of thiophene rings is 1. The summed E-state index contributed by atoms with van der Waals surface area (Å²) in [6.45, 7) is 3.24. The highest BCUT2D eigenvalue weighted by atomic mass is 32.1. The van der Waals surface area contributed by atoms with Gasteiger partial charge in [-0.1, -0.05) is 6.07 Å². The molecular weight excluding hydrogens is 190 g/mol. The van der Waals surface area contributed by atoms with Gasteiger partial charge in [0.2, 0.25) is 0 Å². The largest absolute Gasteiger partial charge is 0.302 e. The van der Waals surface area contributed by atoms with E-state index in [1.807, 2.05) is 11.3 Å². The second-order valence-corrected chi connectivity index (χ2v) is 4.60. The maximum absolute atomic E-state index is 5.24. The van der Waals surface area contributed by atoms with Gasteiger partial charge < -0.3 is 4.90 Å². The lowest BCUT2D eigenvalue weighted by Crippen LogP contribution is -2.31. The van der Waals surface area contributed by atoms with E-state index in [0.717, 1.165) is 19.4 Å². The molecule has 2 heteroatoms. The Hall–Kier alpha value is -0.780. The molecule has 1 nitrogen and oxygen atoms in total. The van der Waals surface area contributed by atoms with Crippen LogP contribution in [0.3, 0.4) is 0 Å². The Bertz CT molecular complexity index is 284. The van der Waals surface area contributed by atoms with Crippen molar-refractivity contribution in [2.75, 3.05) is 13.6 Å². The Balaban J connectivity index is 2.34. The Morgan fingerprint density at radius 3 is 3.00 bits per heavy atom. The molecule has 1 unspecified atom stereocenters. The van der Waals surface area contributed by atoms with Gasteiger partial charge in [-0.3, -0.25) is 0 Å². The summed E-state index contributed by atoms with van der Waals surface area (Å²) in [6.07, 6.45) is 7.20. The summed E-state index contributed by atoms with van der Waals surface area (Å²) >= 11 is 1.83. The van der Waals surface area contributed by atoms with Gasteiger partial charge in [0.25, 0.3) is 0 Å². The van der Waals surface area contributed by atoms with E-state index in [2.05, 4.69) is 42.3 Å². The van der Waals surface area contributed by atoms with Crippen molar-refractivity contribution < 1.29 is 0 Å². The number of hydrogen-bond donors (Lipinski definition) is 0. The molecule has 0 saturated carbocycles. The van der Waals surface area contributed by atoms with Crippen LogP contribution in [-0.4, -0.2) is 24.5 Å². The SMILES string of the molecule is C#CCCN(C)C(C)Cc1cccs1. The van der Waals surface area contributed by atoms with Crippen LogP contribution >= 0.6 is 11.3 Å². The lowest BCUT2D eigenvalue weighted by atomic mass is 10.2. The molecule has 0 amide bonds. The highest BCUT2D eigenvalue weighted by molar-refractivity contribution is 7.09. The predicted molar refractivity (Wildman–Crippen MR) is 63.6 cm³/mol. The first-order valence-corrected chi connectivity index (χ1v) is 5.78. The summed E-state index contributed by atoms with van der Waals surface area (Å²) in [5.41, 5.74) is 0. The number of terminal acetylenes is 1. The second-order valence-electron chi connectivity index (χ2n) is 3.57. The van der Waals surface area contributed by atoms with E-state index in [4.69, 9.17) is 6.42 Å². The summed E-state index contributed by atoms with van der Waals surface area (Å²) < 4.78 is 0. The van der Waals surface area contributed by atoms with Crippen LogP contribution in [0.5, 0.6) is 0 Å². The van der Waals surface area contributed by atoms with Crippen molar-refractivity contribution in [2.45, 2.75) is 25.8 Å². The molecule has 0 spiro atoms. The summed E-state index contributed by atoms with van der Waals surface area (Å²) in [4.78, 5) is 3.77. The molecule has 1 aromatic rings. The zero-order valence-electron chi connectivity index (χ0n) is 8.86. The molecule has 14 heavy (non-hydrogen) atoms. The monoisotopic (exact) mass is 207 g/mol. The van der Waals surface area contributed by atoms with E-state index in [9.17, 15) is 0 Å². The van der Waals surface area contributed by atoms with E-state index in [-0.39, 0.29) is 0 Å². The van der Waals surface area contributed by atoms with Crippen LogP contribution < -0.4 is 0 Å². The van der Waals surface area contributed by atoms with Crippen LogP contribution in [-0.2, 0) is 6.42 Å². The van der Waals surface area contributed by atoms with Gasteiger partial charge >= 0.3 is 0 Å². The van der Waals surface area contributed by atoms with Gasteiger partial charge in [-0.15, -0.1) is 23.7 Å². The molecule has 0 N–H and O–H groups in total. The van der Waals surface area contributed by atoms with E-state index < -0.39 is 0 Å². The third-order valence-electron chi connectivity index (χ3n) is 2.44. The highest BCUT2D eigenvalue weighted by Crippen LogP contribution is 2.13. The summed E-state index contributed by atoms with van der Waals surface area (Å²) in [5.74, 6) is 2.67. The van der Waals surface area contributed by atoms with Crippen molar-refractivity contribution in [1.82, 2.24) is 4.90 Å². The minimum Gasteiger partial charge on any atom is -0.302 e. The minimum atomic E-state index is 0.571. The van der Waals surface area contributed by atoms with Crippen molar-refractivity contribution >= 4 is 11.3 Å². The van der Waals surface area contributed by atoms with Gasteiger partial charge in [-0.25, -0.2) is 0 Å². The van der Waals surface area contributed by atoms with Crippen LogP contribution in [0.15, 0.2) is 17.5 Å². The van der Waals surface area contributed by atoms with Gasteiger partial charge in [0, 0.05) is 23.9 Å². The van der Waals surface area contributed by atoms with E-state index >= 15 is 0 Å². The maximum atomic E-state index is 5.24. The molecule has 0 aliphatic carbocycles. The molecule has 1 heterocycles. The molecule has 0 aliphatic heterocycles. The first-order chi connectivity index (χ1) is 6.74. The molecule has 1 atom stereocenters. The third kappa shape index (κ3) is 3.53. The lowest BCUT2D eigenvalue weighted by Gasteiger charge is -2.23. The van der Waals surface area contributed by atoms with Crippen LogP contribution in [0.1, 0.15) is 18.2 Å². The Labute approximate surface area is 90.8 Å². The molecular formula is C12H17NS. The molecule has 1 aromatic heterocycles. The van der Waals surface area contributed by atoms with Crippen molar-refractivity contribution in [2.24, 2.45) is 0 Å². The average molecular weight is 207 g/mol. The lowest BCUT2D eigenvalue weighted by molar-refractivity contribution is 0.263. The average Bonchev–Trinajstić information content (AvgIpc) is 2.66. The van der Waals surface area contributed by atoms with E-state index in [0.29, 0.717) is 6.04 Å². The molecule has 0 radical (unpaired) electrons. The summed E-state index contributed by atoms with van der Waals surface area (Å²) in [7, 11) is 2.13. The molecule has 0 bridgehead atoms. The van der Waals surface area contributed by atoms with Crippen LogP contribution in [0.4, 0.5) is 0 Å². The van der Waals surface area contributed by atoms with Crippen molar-refractivity contribution in [1.29, 1.82) is 0 Å². The molecule has 1 rings (SSSR count). The molecule has 0 aliphatic rings. The predicted octanol–water partition coefficient (Wildman–Crippen LogP) is 2.63. The quantitative estimate of drug-likeness (QED) is 0.671. The Morgan fingerprint density at radius 2 is 2.43 bits per heavy atom. The van der Waals surface area contributed by atoms with Crippen molar-refractivity contribution in [3.8, 4) is 12.3 Å². The summed E-state index contributed by atoms with van der Waals surface area (Å²) in [5, 5.41) is 2.13. The number of rotatable bonds is 5. The van der Waals surface area contributed by atoms with E-state index in [1.165, 1.54) is 4.88 Å². The van der Waals surface area contributed by atoms with E-state index in [1.54, 1.807) is 0 Å². The number of likely N-dealkylation sites (N-methyl/N-ethyl adjacent to an activating group) is 1. The van der Waals surface area contributed by atoms with Gasteiger partial charge in [0.1, 0.15) is 0 Å². The maximum Gasteiger partial charge on any atom is 0.0214 e. The molecule has 0 fully saturated rings. The van der Waals surface area contributed by atoms with Gasteiger partial charge in [-0.2, -0.15) is 0 Å². The third-order valence-corrected chi connectivity index (χ3v) is 3.34. The molecule has 0 aromatic carbocycles. The molecule has 0 saturated heterocycles. The second kappa shape index (κ2) is 5.85. The van der Waals surface area contributed by atoms with Crippen LogP contribution in [0.25, 0.3) is 0 Å². The number of nitrogens with zero attached hydrogens (tertiary/aromatic N) is 1. The first kappa shape index (κ1) is 11.3. The normalized spacial score (nSPS) is 12.7. The fourth-order valence-corrected chi connectivity index (χ4v) is 2.16. The standard InChI is InChI=1S/C12H17NS/c1-4-5-8-13(3)11(2)10-12-7-6-9-14-12/h1,6-7,9,11H,5,8,10H2,2-3H3. The zero-order valence-corrected chi connectivity index (χ0v) is 9.68. The minimum absolute atomic E-state index is 0.571. The fourth-order valence-electron chi connectivity index (χ4n) is 1.34. The topological polar surface area (TPSA) is 3.24 Å². The smallest absolute Gasteiger partial charge is 0.0214 e. The Morgan fingerprint density at radius 1 is 1.64 bits per heavy atom. The zero-order chi connectivity index (χ0) is 10.4. The van der Waals surface area contributed by atoms with Gasteiger partial charge in [-0.05, 0) is 31.8 Å². The van der Waals surface area contributed by atoms with Crippen LogP contribution in [0, 0.1) is 12.3 Å². The van der Waals surface area contributed by atoms with Crippen molar-refractivity contribution in [3.63, 3.8) is 0 Å². The molecule has 76 valence electrons. The van der Waals surface area contributed by atoms with Gasteiger partial charge in [0.05, 0.1) is 0 Å². The summed E-state index contributed by atoms with van der Waals surface area (Å²) in [6, 6.07) is 4.87. The Kier molecular flexibility index (Phi) is 4.72. The van der Waals surface area contributed by atoms with Crippen molar-refractivity contribution in [3.05, 3.63) is 22.4 Å². The van der Waals surface area contributed by atoms with Crippen LogP contribution in [0.2, 0.25) is 0 Å². The van der Waals surface area contributed by atoms with Gasteiger partial charge in [0.15, 0.2) is 0 Å². The number of hydrogen-bond acceptors (Lipinski definition) is 2.